The molecular weight excluding hydrogens is 612 g/mol. The van der Waals surface area contributed by atoms with Crippen LogP contribution in [0.3, 0.4) is 0 Å². The number of amidine groups is 1. The third kappa shape index (κ3) is 8.51. The first-order valence-corrected chi connectivity index (χ1v) is 13.9. The summed E-state index contributed by atoms with van der Waals surface area (Å²) in [4.78, 5) is 64.6. The first kappa shape index (κ1) is 33.3. The Labute approximate surface area is 266 Å². The van der Waals surface area contributed by atoms with E-state index in [1.165, 1.54) is 36.5 Å². The van der Waals surface area contributed by atoms with Crippen LogP contribution in [0.5, 0.6) is 5.75 Å². The van der Waals surface area contributed by atoms with Crippen LogP contribution in [0.15, 0.2) is 47.7 Å². The van der Waals surface area contributed by atoms with Crippen molar-refractivity contribution in [1.29, 1.82) is 0 Å². The van der Waals surface area contributed by atoms with E-state index in [1.807, 2.05) is 5.53 Å². The second kappa shape index (κ2) is 15.4. The van der Waals surface area contributed by atoms with Gasteiger partial charge in [0.15, 0.2) is 22.8 Å². The van der Waals surface area contributed by atoms with Crippen molar-refractivity contribution in [1.82, 2.24) is 36.1 Å². The smallest absolute Gasteiger partial charge is 0.255 e. The molecule has 0 saturated carbocycles. The van der Waals surface area contributed by atoms with E-state index < -0.39 is 17.9 Å². The van der Waals surface area contributed by atoms with Gasteiger partial charge in [0, 0.05) is 29.5 Å². The van der Waals surface area contributed by atoms with Crippen molar-refractivity contribution in [3.8, 4) is 5.75 Å². The standard InChI is InChI=1S/C28H32N14O5/c29-23(41-42-32)20-8-14(36-13-44)3-5-18(20)26(46)33-7-1-2-16(12-43)38-27(47)19-6-4-15(9-21(19)45)34-10-17-11-35-25-22(37-17)24(30)39-28(31)40-25/h3-6,8-9,11-13,16,34,42,45H,1-2,7,10,32H2,(H2,29,41)(H,33,46)(H,36,44)(H,38,47)(H4,30,31,35,39,40). The third-order valence-corrected chi connectivity index (χ3v) is 6.63. The van der Waals surface area contributed by atoms with E-state index in [0.717, 1.165) is 0 Å². The SMILES string of the molecule is NN/N=C(\N)c1cc(NC=O)ccc1C(=O)NCCCC(C=O)NC(=O)c1ccc(NCc2cnc3nc(N)nc(N)c3n2)cc1O. The molecule has 2 aromatic carbocycles. The van der Waals surface area contributed by atoms with Gasteiger partial charge >= 0.3 is 0 Å². The number of hydrogen-bond donors (Lipinski definition) is 10. The molecule has 244 valence electrons. The lowest BCUT2D eigenvalue weighted by molar-refractivity contribution is -0.109. The molecule has 4 aromatic rings. The Kier molecular flexibility index (Phi) is 10.9. The van der Waals surface area contributed by atoms with Crippen LogP contribution >= 0.6 is 0 Å². The van der Waals surface area contributed by atoms with Crippen molar-refractivity contribution in [2.45, 2.75) is 25.4 Å². The van der Waals surface area contributed by atoms with Crippen LogP contribution in [0.4, 0.5) is 23.1 Å². The topological polar surface area (TPSA) is 317 Å². The summed E-state index contributed by atoms with van der Waals surface area (Å²) in [5, 5.41) is 25.0. The molecule has 0 aliphatic heterocycles. The number of carbonyl (C=O) groups excluding carboxylic acids is 4. The zero-order valence-corrected chi connectivity index (χ0v) is 24.7. The number of hydrazine groups is 1. The van der Waals surface area contributed by atoms with Gasteiger partial charge in [-0.05, 0) is 43.2 Å². The van der Waals surface area contributed by atoms with E-state index in [1.54, 1.807) is 6.07 Å². The Morgan fingerprint density at radius 1 is 0.979 bits per heavy atom. The van der Waals surface area contributed by atoms with Gasteiger partial charge in [-0.2, -0.15) is 9.97 Å². The molecule has 0 radical (unpaired) electrons. The molecule has 19 heteroatoms. The molecule has 2 aromatic heterocycles. The van der Waals surface area contributed by atoms with Crippen LogP contribution < -0.4 is 49.8 Å². The highest BCUT2D eigenvalue weighted by Crippen LogP contribution is 2.23. The molecular formula is C28H32N14O5. The van der Waals surface area contributed by atoms with E-state index in [2.05, 4.69) is 46.3 Å². The molecule has 0 aliphatic carbocycles. The van der Waals surface area contributed by atoms with Crippen molar-refractivity contribution >= 4 is 64.7 Å². The van der Waals surface area contributed by atoms with Crippen LogP contribution in [-0.2, 0) is 16.1 Å². The van der Waals surface area contributed by atoms with Gasteiger partial charge in [-0.15, -0.1) is 5.10 Å². The molecule has 0 bridgehead atoms. The van der Waals surface area contributed by atoms with Gasteiger partial charge in [0.1, 0.15) is 12.0 Å². The molecule has 3 amide bonds. The maximum absolute atomic E-state index is 12.8. The second-order valence-corrected chi connectivity index (χ2v) is 9.85. The second-order valence-electron chi connectivity index (χ2n) is 9.85. The molecule has 47 heavy (non-hydrogen) atoms. The number of amides is 3. The van der Waals surface area contributed by atoms with Crippen molar-refractivity contribution in [2.24, 2.45) is 16.7 Å². The maximum atomic E-state index is 12.8. The minimum Gasteiger partial charge on any atom is -0.507 e. The number of anilines is 4. The monoisotopic (exact) mass is 644 g/mol. The highest BCUT2D eigenvalue weighted by molar-refractivity contribution is 6.09. The average Bonchev–Trinajstić information content (AvgIpc) is 3.05. The summed E-state index contributed by atoms with van der Waals surface area (Å²) in [5.74, 6) is 3.71. The summed E-state index contributed by atoms with van der Waals surface area (Å²) in [5.41, 5.74) is 21.7. The Morgan fingerprint density at radius 2 is 1.74 bits per heavy atom. The number of nitrogens with two attached hydrogens (primary N) is 4. The average molecular weight is 645 g/mol. The van der Waals surface area contributed by atoms with E-state index in [-0.39, 0.29) is 65.2 Å². The van der Waals surface area contributed by atoms with Crippen LogP contribution in [0.2, 0.25) is 0 Å². The summed E-state index contributed by atoms with van der Waals surface area (Å²) in [6, 6.07) is 7.86. The molecule has 0 saturated heterocycles. The molecule has 1 atom stereocenters. The van der Waals surface area contributed by atoms with Crippen molar-refractivity contribution in [2.75, 3.05) is 28.6 Å². The summed E-state index contributed by atoms with van der Waals surface area (Å²) in [6.07, 6.45) is 3.04. The number of hydrogen-bond acceptors (Lipinski definition) is 15. The lowest BCUT2D eigenvalue weighted by atomic mass is 10.0. The highest BCUT2D eigenvalue weighted by Gasteiger charge is 2.18. The number of aldehydes is 1. The number of phenolic OH excluding ortho intramolecular Hbond substituents is 1. The number of nitrogen functional groups attached to an aromatic ring is 2. The summed E-state index contributed by atoms with van der Waals surface area (Å²) in [6.45, 7) is 0.358. The van der Waals surface area contributed by atoms with Crippen molar-refractivity contribution in [3.63, 3.8) is 0 Å². The van der Waals surface area contributed by atoms with Crippen molar-refractivity contribution < 1.29 is 24.3 Å². The van der Waals surface area contributed by atoms with Crippen LogP contribution in [0.1, 0.15) is 44.8 Å². The Balaban J connectivity index is 1.29. The number of carbonyl (C=O) groups is 4. The lowest BCUT2D eigenvalue weighted by Crippen LogP contribution is -2.37. The largest absolute Gasteiger partial charge is 0.507 e. The number of nitrogens with one attached hydrogen (secondary N) is 5. The first-order valence-electron chi connectivity index (χ1n) is 13.9. The number of aromatic hydroxyl groups is 1. The summed E-state index contributed by atoms with van der Waals surface area (Å²) < 4.78 is 0. The maximum Gasteiger partial charge on any atom is 0.255 e. The third-order valence-electron chi connectivity index (χ3n) is 6.63. The lowest BCUT2D eigenvalue weighted by Gasteiger charge is -2.15. The minimum absolute atomic E-state index is 0.0129. The first-order chi connectivity index (χ1) is 22.6. The van der Waals surface area contributed by atoms with E-state index in [9.17, 15) is 24.3 Å². The van der Waals surface area contributed by atoms with Crippen LogP contribution in [0, 0.1) is 0 Å². The normalized spacial score (nSPS) is 11.7. The number of benzene rings is 2. The van der Waals surface area contributed by atoms with Crippen LogP contribution in [0.25, 0.3) is 11.2 Å². The van der Waals surface area contributed by atoms with E-state index in [4.69, 9.17) is 23.0 Å². The predicted octanol–water partition coefficient (Wildman–Crippen LogP) is -0.939. The molecule has 0 spiro atoms. The number of nitrogens with zero attached hydrogens (tertiary/aromatic N) is 5. The van der Waals surface area contributed by atoms with E-state index in [0.29, 0.717) is 41.7 Å². The Bertz CT molecular complexity index is 1830. The van der Waals surface area contributed by atoms with Gasteiger partial charge in [-0.25, -0.2) is 21.3 Å². The van der Waals surface area contributed by atoms with Gasteiger partial charge < -0.3 is 48.4 Å². The zero-order valence-electron chi connectivity index (χ0n) is 24.7. The van der Waals surface area contributed by atoms with Crippen molar-refractivity contribution in [3.05, 3.63) is 65.0 Å². The van der Waals surface area contributed by atoms with Gasteiger partial charge in [-0.3, -0.25) is 14.4 Å². The van der Waals surface area contributed by atoms with Gasteiger partial charge in [-0.1, -0.05) is 0 Å². The number of hydrazone groups is 1. The predicted molar refractivity (Wildman–Crippen MR) is 172 cm³/mol. The van der Waals surface area contributed by atoms with Crippen LogP contribution in [-0.4, -0.2) is 68.0 Å². The Morgan fingerprint density at radius 3 is 2.47 bits per heavy atom. The van der Waals surface area contributed by atoms with Gasteiger partial charge in [0.2, 0.25) is 12.4 Å². The summed E-state index contributed by atoms with van der Waals surface area (Å²) in [7, 11) is 0. The molecule has 0 fully saturated rings. The number of phenols is 1. The highest BCUT2D eigenvalue weighted by atomic mass is 16.3. The molecule has 1 unspecified atom stereocenters. The number of aromatic nitrogens is 4. The Hall–Kier alpha value is -6.63. The van der Waals surface area contributed by atoms with Gasteiger partial charge in [0.25, 0.3) is 11.8 Å². The molecule has 2 heterocycles. The summed E-state index contributed by atoms with van der Waals surface area (Å²) >= 11 is 0. The van der Waals surface area contributed by atoms with Gasteiger partial charge in [0.05, 0.1) is 35.6 Å². The quantitative estimate of drug-likeness (QED) is 0.0186. The minimum atomic E-state index is -0.891. The van der Waals surface area contributed by atoms with E-state index >= 15 is 0 Å². The fourth-order valence-electron chi connectivity index (χ4n) is 4.38. The zero-order chi connectivity index (χ0) is 33.9. The molecule has 4 rings (SSSR count). The fraction of sp³-hybridized carbons (Fsp3) is 0.179. The molecule has 19 nitrogen and oxygen atoms in total. The fourth-order valence-corrected chi connectivity index (χ4v) is 4.38. The molecule has 0 aliphatic rings. The number of rotatable bonds is 15. The molecule has 14 N–H and O–H groups in total. The number of fused-ring (bicyclic) bond motifs is 1.